The van der Waals surface area contributed by atoms with Crippen LogP contribution >= 0.6 is 11.3 Å². The Bertz CT molecular complexity index is 1020. The topological polar surface area (TPSA) is 41.4 Å². The normalized spacial score (nSPS) is 19.9. The van der Waals surface area contributed by atoms with Crippen molar-refractivity contribution in [3.63, 3.8) is 0 Å². The first kappa shape index (κ1) is 19.3. The lowest BCUT2D eigenvalue weighted by Crippen LogP contribution is -2.36. The van der Waals surface area contributed by atoms with Gasteiger partial charge in [-0.2, -0.15) is 5.10 Å². The fourth-order valence-electron chi connectivity index (χ4n) is 4.44. The first-order valence-corrected chi connectivity index (χ1v) is 11.6. The van der Waals surface area contributed by atoms with E-state index in [-0.39, 0.29) is 5.91 Å². The molecule has 30 heavy (non-hydrogen) atoms. The number of benzene rings is 1. The van der Waals surface area contributed by atoms with E-state index in [2.05, 4.69) is 16.3 Å². The zero-order valence-corrected chi connectivity index (χ0v) is 17.8. The van der Waals surface area contributed by atoms with E-state index in [0.29, 0.717) is 6.04 Å². The van der Waals surface area contributed by atoms with Crippen LogP contribution in [0.4, 0.5) is 0 Å². The Hall–Kier alpha value is -2.70. The van der Waals surface area contributed by atoms with Gasteiger partial charge in [0.05, 0.1) is 10.6 Å². The number of para-hydroxylation sites is 1. The van der Waals surface area contributed by atoms with Gasteiger partial charge < -0.3 is 4.90 Å². The molecule has 6 heteroatoms. The first-order chi connectivity index (χ1) is 14.8. The van der Waals surface area contributed by atoms with E-state index in [1.54, 1.807) is 17.4 Å². The van der Waals surface area contributed by atoms with Crippen molar-refractivity contribution in [2.75, 3.05) is 26.2 Å². The molecule has 0 aliphatic carbocycles. The fourth-order valence-corrected chi connectivity index (χ4v) is 5.17. The van der Waals surface area contributed by atoms with E-state index in [1.807, 2.05) is 58.3 Å². The number of carbonyl (C=O) groups excluding carboxylic acids is 1. The Kier molecular flexibility index (Phi) is 5.51. The van der Waals surface area contributed by atoms with Crippen molar-refractivity contribution >= 4 is 23.3 Å². The molecule has 154 valence electrons. The lowest BCUT2D eigenvalue weighted by molar-refractivity contribution is -0.125. The van der Waals surface area contributed by atoms with Crippen molar-refractivity contribution in [1.82, 2.24) is 19.6 Å². The highest BCUT2D eigenvalue weighted by molar-refractivity contribution is 7.13. The Morgan fingerprint density at radius 2 is 1.90 bits per heavy atom. The van der Waals surface area contributed by atoms with Crippen LogP contribution in [0.15, 0.2) is 60.1 Å². The number of likely N-dealkylation sites (tertiary alicyclic amines) is 2. The number of thiophene rings is 1. The molecule has 1 aromatic carbocycles. The van der Waals surface area contributed by atoms with Gasteiger partial charge in [-0.15, -0.1) is 11.3 Å². The number of aromatic nitrogens is 2. The number of hydrogen-bond acceptors (Lipinski definition) is 4. The van der Waals surface area contributed by atoms with Gasteiger partial charge in [-0.05, 0) is 62.0 Å². The molecule has 2 fully saturated rings. The van der Waals surface area contributed by atoms with Gasteiger partial charge in [-0.3, -0.25) is 9.69 Å². The highest BCUT2D eigenvalue weighted by Crippen LogP contribution is 2.29. The molecule has 3 aromatic rings. The molecule has 5 nitrogen and oxygen atoms in total. The average Bonchev–Trinajstić information content (AvgIpc) is 3.57. The summed E-state index contributed by atoms with van der Waals surface area (Å²) in [6.45, 7) is 4.08. The Morgan fingerprint density at radius 1 is 1.07 bits per heavy atom. The molecular weight excluding hydrogens is 392 g/mol. The van der Waals surface area contributed by atoms with Crippen molar-refractivity contribution in [1.29, 1.82) is 0 Å². The Balaban J connectivity index is 1.35. The van der Waals surface area contributed by atoms with Crippen molar-refractivity contribution < 1.29 is 4.79 Å². The standard InChI is InChI=1S/C24H26N4OS/c29-23(27-15-12-21(18-27)26-13-4-5-14-26)11-10-19-17-28(20-7-2-1-3-8-20)25-24(19)22-9-6-16-30-22/h1-3,6-11,16-17,21H,4-5,12-15,18H2/b11-10+. The van der Waals surface area contributed by atoms with Crippen molar-refractivity contribution in [2.24, 2.45) is 0 Å². The highest BCUT2D eigenvalue weighted by Gasteiger charge is 2.30. The van der Waals surface area contributed by atoms with Gasteiger partial charge in [-0.1, -0.05) is 24.3 Å². The van der Waals surface area contributed by atoms with Gasteiger partial charge >= 0.3 is 0 Å². The van der Waals surface area contributed by atoms with Gasteiger partial charge in [0, 0.05) is 37.0 Å². The molecule has 4 heterocycles. The largest absolute Gasteiger partial charge is 0.338 e. The summed E-state index contributed by atoms with van der Waals surface area (Å²) >= 11 is 1.66. The molecule has 0 spiro atoms. The van der Waals surface area contributed by atoms with Gasteiger partial charge in [0.2, 0.25) is 5.91 Å². The van der Waals surface area contributed by atoms with Gasteiger partial charge in [-0.25, -0.2) is 4.68 Å². The summed E-state index contributed by atoms with van der Waals surface area (Å²) in [6.07, 6.45) is 9.32. The molecule has 2 aliphatic heterocycles. The van der Waals surface area contributed by atoms with Crippen LogP contribution in [0, 0.1) is 0 Å². The molecule has 0 radical (unpaired) electrons. The maximum absolute atomic E-state index is 12.8. The fraction of sp³-hybridized carbons (Fsp3) is 0.333. The lowest BCUT2D eigenvalue weighted by Gasteiger charge is -2.23. The van der Waals surface area contributed by atoms with Crippen LogP contribution in [0.5, 0.6) is 0 Å². The Morgan fingerprint density at radius 3 is 2.67 bits per heavy atom. The van der Waals surface area contributed by atoms with Crippen LogP contribution in [0.2, 0.25) is 0 Å². The summed E-state index contributed by atoms with van der Waals surface area (Å²) in [6, 6.07) is 14.7. The molecule has 0 bridgehead atoms. The minimum absolute atomic E-state index is 0.0984. The second-order valence-electron chi connectivity index (χ2n) is 7.99. The number of amides is 1. The van der Waals surface area contributed by atoms with E-state index >= 15 is 0 Å². The van der Waals surface area contributed by atoms with Crippen LogP contribution in [0.25, 0.3) is 22.3 Å². The second kappa shape index (κ2) is 8.58. The van der Waals surface area contributed by atoms with E-state index in [0.717, 1.165) is 41.3 Å². The average molecular weight is 419 g/mol. The molecule has 1 atom stereocenters. The zero-order valence-electron chi connectivity index (χ0n) is 17.0. The SMILES string of the molecule is O=C(/C=C/c1cn(-c2ccccc2)nc1-c1cccs1)N1CCC(N2CCCC2)C1. The first-order valence-electron chi connectivity index (χ1n) is 10.7. The molecule has 5 rings (SSSR count). The van der Waals surface area contributed by atoms with Crippen LogP contribution in [-0.4, -0.2) is 57.7 Å². The predicted octanol–water partition coefficient (Wildman–Crippen LogP) is 4.31. The summed E-state index contributed by atoms with van der Waals surface area (Å²) in [5, 5.41) is 6.86. The van der Waals surface area contributed by atoms with E-state index in [4.69, 9.17) is 5.10 Å². The molecular formula is C24H26N4OS. The quantitative estimate of drug-likeness (QED) is 0.580. The number of carbonyl (C=O) groups is 1. The third kappa shape index (κ3) is 3.98. The van der Waals surface area contributed by atoms with Crippen molar-refractivity contribution in [2.45, 2.75) is 25.3 Å². The molecule has 2 aromatic heterocycles. The smallest absolute Gasteiger partial charge is 0.246 e. The molecule has 0 saturated carbocycles. The molecule has 1 unspecified atom stereocenters. The van der Waals surface area contributed by atoms with E-state index in [9.17, 15) is 4.79 Å². The number of rotatable bonds is 5. The van der Waals surface area contributed by atoms with Gasteiger partial charge in [0.15, 0.2) is 0 Å². The second-order valence-corrected chi connectivity index (χ2v) is 8.94. The van der Waals surface area contributed by atoms with E-state index < -0.39 is 0 Å². The summed E-state index contributed by atoms with van der Waals surface area (Å²) in [5.74, 6) is 0.0984. The molecule has 0 N–H and O–H groups in total. The van der Waals surface area contributed by atoms with Crippen LogP contribution in [-0.2, 0) is 4.79 Å². The number of nitrogens with zero attached hydrogens (tertiary/aromatic N) is 4. The molecule has 2 aliphatic rings. The van der Waals surface area contributed by atoms with Crippen LogP contribution < -0.4 is 0 Å². The monoisotopic (exact) mass is 418 g/mol. The summed E-state index contributed by atoms with van der Waals surface area (Å²) in [7, 11) is 0. The van der Waals surface area contributed by atoms with Crippen LogP contribution in [0.1, 0.15) is 24.8 Å². The number of hydrogen-bond donors (Lipinski definition) is 0. The molecule has 1 amide bonds. The summed E-state index contributed by atoms with van der Waals surface area (Å²) < 4.78 is 1.89. The van der Waals surface area contributed by atoms with Gasteiger partial charge in [0.25, 0.3) is 0 Å². The third-order valence-electron chi connectivity index (χ3n) is 6.06. The van der Waals surface area contributed by atoms with Crippen molar-refractivity contribution in [3.05, 3.63) is 65.7 Å². The van der Waals surface area contributed by atoms with Gasteiger partial charge in [0.1, 0.15) is 5.69 Å². The highest BCUT2D eigenvalue weighted by atomic mass is 32.1. The summed E-state index contributed by atoms with van der Waals surface area (Å²) in [4.78, 5) is 18.5. The maximum Gasteiger partial charge on any atom is 0.246 e. The predicted molar refractivity (Wildman–Crippen MR) is 122 cm³/mol. The minimum Gasteiger partial charge on any atom is -0.338 e. The zero-order chi connectivity index (χ0) is 20.3. The minimum atomic E-state index is 0.0984. The Labute approximate surface area is 181 Å². The summed E-state index contributed by atoms with van der Waals surface area (Å²) in [5.41, 5.74) is 2.88. The molecule has 2 saturated heterocycles. The third-order valence-corrected chi connectivity index (χ3v) is 6.93. The van der Waals surface area contributed by atoms with E-state index in [1.165, 1.54) is 25.9 Å². The maximum atomic E-state index is 12.8. The van der Waals surface area contributed by atoms with Crippen molar-refractivity contribution in [3.8, 4) is 16.3 Å². The van der Waals surface area contributed by atoms with Crippen LogP contribution in [0.3, 0.4) is 0 Å². The lowest BCUT2D eigenvalue weighted by atomic mass is 10.2.